The van der Waals surface area contributed by atoms with Crippen molar-refractivity contribution in [3.05, 3.63) is 60.2 Å². The van der Waals surface area contributed by atoms with Crippen molar-refractivity contribution in [1.29, 1.82) is 0 Å². The van der Waals surface area contributed by atoms with Crippen LogP contribution in [0.1, 0.15) is 18.9 Å². The van der Waals surface area contributed by atoms with Crippen molar-refractivity contribution < 1.29 is 0 Å². The molecule has 27 heavy (non-hydrogen) atoms. The van der Waals surface area contributed by atoms with Gasteiger partial charge < -0.3 is 10.2 Å². The molecule has 2 heterocycles. The van der Waals surface area contributed by atoms with Gasteiger partial charge in [0.2, 0.25) is 0 Å². The predicted octanol–water partition coefficient (Wildman–Crippen LogP) is 3.87. The Balaban J connectivity index is 0.00000210. The van der Waals surface area contributed by atoms with Gasteiger partial charge in [0, 0.05) is 38.8 Å². The topological polar surface area (TPSA) is 30.9 Å². The number of aliphatic imine (C=N–C) groups is 1. The highest BCUT2D eigenvalue weighted by Gasteiger charge is 2.29. The van der Waals surface area contributed by atoms with Gasteiger partial charge in [0.25, 0.3) is 0 Å². The third-order valence-electron chi connectivity index (χ3n) is 5.44. The third kappa shape index (κ3) is 4.63. The molecule has 5 heteroatoms. The summed E-state index contributed by atoms with van der Waals surface area (Å²) in [4.78, 5) is 9.97. The number of likely N-dealkylation sites (tertiary alicyclic amines) is 1. The minimum Gasteiger partial charge on any atom is -0.357 e. The van der Waals surface area contributed by atoms with Crippen molar-refractivity contribution in [3.63, 3.8) is 0 Å². The Kier molecular flexibility index (Phi) is 7.13. The molecular formula is C22H29IN4. The average molecular weight is 476 g/mol. The Hall–Kier alpha value is -1.60. The van der Waals surface area contributed by atoms with Crippen molar-refractivity contribution in [3.8, 4) is 0 Å². The number of halogens is 1. The highest BCUT2D eigenvalue weighted by atomic mass is 127. The lowest BCUT2D eigenvalue weighted by Crippen LogP contribution is -2.42. The summed E-state index contributed by atoms with van der Waals surface area (Å²) in [5, 5.41) is 6.08. The molecule has 1 saturated heterocycles. The van der Waals surface area contributed by atoms with Crippen LogP contribution >= 0.6 is 24.0 Å². The van der Waals surface area contributed by atoms with Crippen LogP contribution in [0.4, 0.5) is 0 Å². The van der Waals surface area contributed by atoms with Crippen molar-refractivity contribution in [2.24, 2.45) is 4.99 Å². The maximum atomic E-state index is 4.97. The summed E-state index contributed by atoms with van der Waals surface area (Å²) in [6.45, 7) is 8.12. The van der Waals surface area contributed by atoms with Gasteiger partial charge in [-0.15, -0.1) is 24.0 Å². The lowest BCUT2D eigenvalue weighted by Gasteiger charge is -2.25. The molecular weight excluding hydrogens is 447 g/mol. The molecule has 2 aromatic rings. The van der Waals surface area contributed by atoms with Crippen LogP contribution in [0.3, 0.4) is 0 Å². The van der Waals surface area contributed by atoms with Crippen LogP contribution in [0, 0.1) is 0 Å². The highest BCUT2D eigenvalue weighted by molar-refractivity contribution is 14.0. The first-order valence-electron chi connectivity index (χ1n) is 9.74. The third-order valence-corrected chi connectivity index (χ3v) is 5.44. The number of hydrogen-bond acceptors (Lipinski definition) is 2. The van der Waals surface area contributed by atoms with Gasteiger partial charge >= 0.3 is 0 Å². The molecule has 0 spiro atoms. The maximum absolute atomic E-state index is 4.97. The lowest BCUT2D eigenvalue weighted by molar-refractivity contribution is 0.259. The Morgan fingerprint density at radius 3 is 2.70 bits per heavy atom. The molecule has 4 rings (SSSR count). The zero-order valence-electron chi connectivity index (χ0n) is 16.0. The second-order valence-electron chi connectivity index (χ2n) is 7.12. The molecule has 144 valence electrons. The van der Waals surface area contributed by atoms with E-state index in [4.69, 9.17) is 4.99 Å². The summed E-state index contributed by atoms with van der Waals surface area (Å²) >= 11 is 0. The van der Waals surface area contributed by atoms with Gasteiger partial charge in [0.1, 0.15) is 0 Å². The maximum Gasteiger partial charge on any atom is 0.194 e. The van der Waals surface area contributed by atoms with Crippen molar-refractivity contribution in [2.45, 2.75) is 25.9 Å². The van der Waals surface area contributed by atoms with Gasteiger partial charge in [-0.3, -0.25) is 4.90 Å². The van der Waals surface area contributed by atoms with Crippen LogP contribution in [0.25, 0.3) is 10.8 Å². The normalized spacial score (nSPS) is 20.3. The van der Waals surface area contributed by atoms with E-state index in [1.807, 2.05) is 0 Å². The SMILES string of the molecule is CCNC(=NCc1cccc2ccccc12)N1CCC(N2CC=CC2)C1.I. The fourth-order valence-electron chi connectivity index (χ4n) is 4.04. The first kappa shape index (κ1) is 20.1. The number of guanidine groups is 1. The first-order valence-corrected chi connectivity index (χ1v) is 9.74. The van der Waals surface area contributed by atoms with Gasteiger partial charge in [0.05, 0.1) is 6.54 Å². The van der Waals surface area contributed by atoms with E-state index in [-0.39, 0.29) is 24.0 Å². The molecule has 0 bridgehead atoms. The molecule has 2 aliphatic rings. The van der Waals surface area contributed by atoms with E-state index in [1.165, 1.54) is 22.8 Å². The zero-order valence-corrected chi connectivity index (χ0v) is 18.3. The Morgan fingerprint density at radius 1 is 1.11 bits per heavy atom. The quantitative estimate of drug-likeness (QED) is 0.315. The van der Waals surface area contributed by atoms with Crippen molar-refractivity contribution in [1.82, 2.24) is 15.1 Å². The summed E-state index contributed by atoms with van der Waals surface area (Å²) in [5.41, 5.74) is 1.29. The second kappa shape index (κ2) is 9.55. The van der Waals surface area contributed by atoms with Crippen LogP contribution in [0.2, 0.25) is 0 Å². The smallest absolute Gasteiger partial charge is 0.194 e. The number of benzene rings is 2. The van der Waals surface area contributed by atoms with E-state index in [2.05, 4.69) is 76.7 Å². The van der Waals surface area contributed by atoms with E-state index in [1.54, 1.807) is 0 Å². The molecule has 1 N–H and O–H groups in total. The van der Waals surface area contributed by atoms with E-state index < -0.39 is 0 Å². The fraction of sp³-hybridized carbons (Fsp3) is 0.409. The predicted molar refractivity (Wildman–Crippen MR) is 125 cm³/mol. The van der Waals surface area contributed by atoms with Gasteiger partial charge in [-0.2, -0.15) is 0 Å². The van der Waals surface area contributed by atoms with E-state index in [0.29, 0.717) is 6.04 Å². The van der Waals surface area contributed by atoms with Gasteiger partial charge in [-0.05, 0) is 29.7 Å². The molecule has 2 aromatic carbocycles. The summed E-state index contributed by atoms with van der Waals surface area (Å²) < 4.78 is 0. The molecule has 2 aliphatic heterocycles. The summed E-state index contributed by atoms with van der Waals surface area (Å²) in [7, 11) is 0. The number of fused-ring (bicyclic) bond motifs is 1. The number of nitrogens with one attached hydrogen (secondary N) is 1. The van der Waals surface area contributed by atoms with E-state index in [9.17, 15) is 0 Å². The second-order valence-corrected chi connectivity index (χ2v) is 7.12. The lowest BCUT2D eigenvalue weighted by atomic mass is 10.1. The molecule has 0 aromatic heterocycles. The minimum atomic E-state index is 0. The van der Waals surface area contributed by atoms with Gasteiger partial charge in [-0.1, -0.05) is 54.6 Å². The van der Waals surface area contributed by atoms with Crippen LogP contribution in [0.5, 0.6) is 0 Å². The summed E-state index contributed by atoms with van der Waals surface area (Å²) in [5.74, 6) is 1.05. The molecule has 0 aliphatic carbocycles. The molecule has 0 amide bonds. The Labute approximate surface area is 179 Å². The summed E-state index contributed by atoms with van der Waals surface area (Å²) in [6, 6.07) is 15.7. The first-order chi connectivity index (χ1) is 12.8. The molecule has 0 saturated carbocycles. The Bertz CT molecular complexity index is 804. The van der Waals surface area contributed by atoms with Crippen LogP contribution in [0.15, 0.2) is 59.6 Å². The van der Waals surface area contributed by atoms with Crippen LogP contribution in [-0.4, -0.2) is 54.5 Å². The van der Waals surface area contributed by atoms with Crippen molar-refractivity contribution in [2.75, 3.05) is 32.7 Å². The van der Waals surface area contributed by atoms with E-state index >= 15 is 0 Å². The molecule has 4 nitrogen and oxygen atoms in total. The largest absolute Gasteiger partial charge is 0.357 e. The van der Waals surface area contributed by atoms with Gasteiger partial charge in [-0.25, -0.2) is 4.99 Å². The van der Waals surface area contributed by atoms with Gasteiger partial charge in [0.15, 0.2) is 5.96 Å². The van der Waals surface area contributed by atoms with Crippen LogP contribution in [-0.2, 0) is 6.54 Å². The standard InChI is InChI=1S/C22H28N4.HI/c1-2-23-22(26-15-12-20(17-26)25-13-5-6-14-25)24-16-19-10-7-9-18-8-3-4-11-21(18)19;/h3-11,20H,2,12-17H2,1H3,(H,23,24);1H. The van der Waals surface area contributed by atoms with E-state index in [0.717, 1.165) is 45.2 Å². The monoisotopic (exact) mass is 476 g/mol. The number of hydrogen-bond donors (Lipinski definition) is 1. The minimum absolute atomic E-state index is 0. The van der Waals surface area contributed by atoms with Crippen LogP contribution < -0.4 is 5.32 Å². The molecule has 1 atom stereocenters. The molecule has 1 fully saturated rings. The average Bonchev–Trinajstić information content (AvgIpc) is 3.36. The Morgan fingerprint density at radius 2 is 1.89 bits per heavy atom. The number of rotatable bonds is 4. The van der Waals surface area contributed by atoms with Crippen molar-refractivity contribution >= 4 is 40.7 Å². The fourth-order valence-corrected chi connectivity index (χ4v) is 4.04. The summed E-state index contributed by atoms with van der Waals surface area (Å²) in [6.07, 6.45) is 5.78. The highest BCUT2D eigenvalue weighted by Crippen LogP contribution is 2.21. The number of nitrogens with zero attached hydrogens (tertiary/aromatic N) is 3. The molecule has 1 unspecified atom stereocenters. The molecule has 0 radical (unpaired) electrons. The zero-order chi connectivity index (χ0) is 17.8.